The van der Waals surface area contributed by atoms with Gasteiger partial charge in [0.05, 0.1) is 5.69 Å². The zero-order valence-corrected chi connectivity index (χ0v) is 9.74. The predicted molar refractivity (Wildman–Crippen MR) is 64.2 cm³/mol. The van der Waals surface area contributed by atoms with Gasteiger partial charge in [-0.1, -0.05) is 0 Å². The van der Waals surface area contributed by atoms with Gasteiger partial charge in [-0.15, -0.1) is 0 Å². The van der Waals surface area contributed by atoms with Crippen LogP contribution in [0.3, 0.4) is 0 Å². The van der Waals surface area contributed by atoms with Gasteiger partial charge in [0, 0.05) is 18.2 Å². The Morgan fingerprint density at radius 1 is 1.59 bits per heavy atom. The molecule has 1 unspecified atom stereocenters. The van der Waals surface area contributed by atoms with Crippen LogP contribution in [-0.4, -0.2) is 37.0 Å². The van der Waals surface area contributed by atoms with Crippen molar-refractivity contribution < 1.29 is 9.18 Å². The number of nitrogens with zero attached hydrogens (tertiary/aromatic N) is 1. The van der Waals surface area contributed by atoms with Gasteiger partial charge in [0.15, 0.2) is 0 Å². The fraction of sp³-hybridized carbons (Fsp3) is 0.417. The van der Waals surface area contributed by atoms with E-state index < -0.39 is 5.82 Å². The highest BCUT2D eigenvalue weighted by Gasteiger charge is 2.21. The van der Waals surface area contributed by atoms with Crippen molar-refractivity contribution >= 4 is 11.6 Å². The molecule has 92 valence electrons. The second-order valence-electron chi connectivity index (χ2n) is 4.46. The topological polar surface area (TPSA) is 58.4 Å². The minimum Gasteiger partial charge on any atom is -0.396 e. The van der Waals surface area contributed by atoms with Crippen molar-refractivity contribution in [2.45, 2.75) is 12.5 Å². The van der Waals surface area contributed by atoms with Crippen molar-refractivity contribution in [3.05, 3.63) is 29.6 Å². The van der Waals surface area contributed by atoms with Crippen molar-refractivity contribution in [2.24, 2.45) is 0 Å². The molecule has 5 heteroatoms. The van der Waals surface area contributed by atoms with E-state index in [1.165, 1.54) is 18.2 Å². The van der Waals surface area contributed by atoms with Crippen molar-refractivity contribution in [1.29, 1.82) is 0 Å². The number of anilines is 1. The number of nitrogens with two attached hydrogens (primary N) is 1. The van der Waals surface area contributed by atoms with Crippen molar-refractivity contribution in [2.75, 3.05) is 25.9 Å². The van der Waals surface area contributed by atoms with Crippen molar-refractivity contribution in [1.82, 2.24) is 10.2 Å². The molecule has 1 heterocycles. The summed E-state index contributed by atoms with van der Waals surface area (Å²) in [6.45, 7) is 1.83. The molecular weight excluding hydrogens is 221 g/mol. The second kappa shape index (κ2) is 4.71. The highest BCUT2D eigenvalue weighted by molar-refractivity contribution is 5.95. The lowest BCUT2D eigenvalue weighted by atomic mass is 10.1. The van der Waals surface area contributed by atoms with E-state index >= 15 is 0 Å². The lowest BCUT2D eigenvalue weighted by molar-refractivity contribution is 0.0938. The third kappa shape index (κ3) is 2.74. The standard InChI is InChI=1S/C12H16FN3O/c1-16-5-4-9(7-16)15-12(17)8-2-3-10(13)11(14)6-8/h2-3,6,9H,4-5,7,14H2,1H3,(H,15,17). The minimum absolute atomic E-state index is 0.00110. The number of hydrogen-bond acceptors (Lipinski definition) is 3. The molecule has 1 saturated heterocycles. The van der Waals surface area contributed by atoms with E-state index in [0.717, 1.165) is 19.5 Å². The summed E-state index contributed by atoms with van der Waals surface area (Å²) < 4.78 is 13.0. The Kier molecular flexibility index (Phi) is 3.28. The van der Waals surface area contributed by atoms with E-state index in [-0.39, 0.29) is 17.6 Å². The SMILES string of the molecule is CN1CCC(NC(=O)c2ccc(F)c(N)c2)C1. The number of benzene rings is 1. The van der Waals surface area contributed by atoms with E-state index in [1.54, 1.807) is 0 Å². The summed E-state index contributed by atoms with van der Waals surface area (Å²) in [5, 5.41) is 2.91. The Hall–Kier alpha value is -1.62. The van der Waals surface area contributed by atoms with Crippen LogP contribution >= 0.6 is 0 Å². The van der Waals surface area contributed by atoms with Crippen molar-refractivity contribution in [3.63, 3.8) is 0 Å². The van der Waals surface area contributed by atoms with E-state index in [2.05, 4.69) is 10.2 Å². The third-order valence-electron chi connectivity index (χ3n) is 2.98. The Balaban J connectivity index is 2.02. The summed E-state index contributed by atoms with van der Waals surface area (Å²) in [5.41, 5.74) is 5.83. The van der Waals surface area contributed by atoms with Gasteiger partial charge in [0.25, 0.3) is 5.91 Å². The van der Waals surface area contributed by atoms with E-state index in [0.29, 0.717) is 5.56 Å². The van der Waals surface area contributed by atoms with Gasteiger partial charge in [-0.25, -0.2) is 4.39 Å². The van der Waals surface area contributed by atoms with Crippen molar-refractivity contribution in [3.8, 4) is 0 Å². The molecule has 0 aliphatic carbocycles. The smallest absolute Gasteiger partial charge is 0.251 e. The highest BCUT2D eigenvalue weighted by Crippen LogP contribution is 2.13. The van der Waals surface area contributed by atoms with Gasteiger partial charge in [-0.05, 0) is 38.2 Å². The molecule has 1 fully saturated rings. The average molecular weight is 237 g/mol. The molecule has 1 aliphatic rings. The zero-order chi connectivity index (χ0) is 12.4. The molecule has 0 spiro atoms. The van der Waals surface area contributed by atoms with Gasteiger partial charge in [-0.3, -0.25) is 4.79 Å². The molecule has 1 aromatic rings. The molecular formula is C12H16FN3O. The monoisotopic (exact) mass is 237 g/mol. The lowest BCUT2D eigenvalue weighted by Gasteiger charge is -2.13. The normalized spacial score (nSPS) is 20.5. The summed E-state index contributed by atoms with van der Waals surface area (Å²) in [5.74, 6) is -0.695. The molecule has 0 saturated carbocycles. The average Bonchev–Trinajstić information content (AvgIpc) is 2.68. The highest BCUT2D eigenvalue weighted by atomic mass is 19.1. The number of likely N-dealkylation sites (tertiary alicyclic amines) is 1. The summed E-state index contributed by atoms with van der Waals surface area (Å²) in [6.07, 6.45) is 0.943. The number of hydrogen-bond donors (Lipinski definition) is 2. The first-order chi connectivity index (χ1) is 8.06. The first-order valence-electron chi connectivity index (χ1n) is 5.60. The van der Waals surface area contributed by atoms with Crippen LogP contribution in [0, 0.1) is 5.82 Å². The summed E-state index contributed by atoms with van der Waals surface area (Å²) >= 11 is 0. The van der Waals surface area contributed by atoms with Crippen LogP contribution in [0.5, 0.6) is 0 Å². The molecule has 1 aromatic carbocycles. The van der Waals surface area contributed by atoms with Crippen LogP contribution < -0.4 is 11.1 Å². The van der Waals surface area contributed by atoms with Gasteiger partial charge in [-0.2, -0.15) is 0 Å². The maximum absolute atomic E-state index is 13.0. The fourth-order valence-electron chi connectivity index (χ4n) is 2.01. The Labute approximate surface area is 99.6 Å². The number of amides is 1. The zero-order valence-electron chi connectivity index (χ0n) is 9.74. The molecule has 17 heavy (non-hydrogen) atoms. The summed E-state index contributed by atoms with van der Waals surface area (Å²) in [6, 6.07) is 4.19. The minimum atomic E-state index is -0.498. The fourth-order valence-corrected chi connectivity index (χ4v) is 2.01. The molecule has 1 atom stereocenters. The number of carbonyl (C=O) groups is 1. The molecule has 4 nitrogen and oxygen atoms in total. The van der Waals surface area contributed by atoms with E-state index in [9.17, 15) is 9.18 Å². The number of nitrogen functional groups attached to an aromatic ring is 1. The van der Waals surface area contributed by atoms with Crippen LogP contribution in [0.4, 0.5) is 10.1 Å². The molecule has 0 bridgehead atoms. The first kappa shape index (κ1) is 11.9. The molecule has 0 radical (unpaired) electrons. The van der Waals surface area contributed by atoms with Crippen LogP contribution in [-0.2, 0) is 0 Å². The number of nitrogens with one attached hydrogen (secondary N) is 1. The van der Waals surface area contributed by atoms with Gasteiger partial charge in [0.1, 0.15) is 5.82 Å². The van der Waals surface area contributed by atoms with E-state index in [4.69, 9.17) is 5.73 Å². The Morgan fingerprint density at radius 2 is 2.35 bits per heavy atom. The second-order valence-corrected chi connectivity index (χ2v) is 4.46. The quantitative estimate of drug-likeness (QED) is 0.749. The number of carbonyl (C=O) groups excluding carboxylic acids is 1. The van der Waals surface area contributed by atoms with Crippen LogP contribution in [0.2, 0.25) is 0 Å². The maximum Gasteiger partial charge on any atom is 0.251 e. The molecule has 0 aromatic heterocycles. The van der Waals surface area contributed by atoms with Gasteiger partial charge >= 0.3 is 0 Å². The third-order valence-corrected chi connectivity index (χ3v) is 2.98. The first-order valence-corrected chi connectivity index (χ1v) is 5.60. The number of likely N-dealkylation sites (N-methyl/N-ethyl adjacent to an activating group) is 1. The number of rotatable bonds is 2. The molecule has 1 amide bonds. The molecule has 1 aliphatic heterocycles. The van der Waals surface area contributed by atoms with Crippen LogP contribution in [0.15, 0.2) is 18.2 Å². The van der Waals surface area contributed by atoms with Crippen LogP contribution in [0.25, 0.3) is 0 Å². The van der Waals surface area contributed by atoms with Gasteiger partial charge < -0.3 is 16.0 Å². The predicted octanol–water partition coefficient (Wildman–Crippen LogP) is 0.842. The largest absolute Gasteiger partial charge is 0.396 e. The molecule has 3 N–H and O–H groups in total. The van der Waals surface area contributed by atoms with Gasteiger partial charge in [0.2, 0.25) is 0 Å². The Morgan fingerprint density at radius 3 is 2.94 bits per heavy atom. The molecule has 2 rings (SSSR count). The summed E-state index contributed by atoms with van der Waals surface area (Å²) in [4.78, 5) is 14.0. The van der Waals surface area contributed by atoms with E-state index in [1.807, 2.05) is 7.05 Å². The lowest BCUT2D eigenvalue weighted by Crippen LogP contribution is -2.36. The summed E-state index contributed by atoms with van der Waals surface area (Å²) in [7, 11) is 2.02. The Bertz CT molecular complexity index is 436. The van der Waals surface area contributed by atoms with Crippen LogP contribution in [0.1, 0.15) is 16.8 Å². The number of halogens is 1. The maximum atomic E-state index is 13.0.